The number of rotatable bonds is 4. The van der Waals surface area contributed by atoms with Crippen LogP contribution in [0.25, 0.3) is 11.1 Å². The Morgan fingerprint density at radius 1 is 1.09 bits per heavy atom. The van der Waals surface area contributed by atoms with Crippen molar-refractivity contribution in [2.45, 2.75) is 31.2 Å². The fourth-order valence-corrected chi connectivity index (χ4v) is 3.43. The number of carboxylic acid groups (broad SMARTS) is 1. The summed E-state index contributed by atoms with van der Waals surface area (Å²) >= 11 is 0. The summed E-state index contributed by atoms with van der Waals surface area (Å²) in [5.41, 5.74) is 0.738. The molecule has 0 amide bonds. The number of pyridine rings is 1. The van der Waals surface area contributed by atoms with Crippen LogP contribution in [0, 0.1) is 0 Å². The lowest BCUT2D eigenvalue weighted by atomic mass is 10.1. The number of aromatic carboxylic acids is 1. The molecule has 7 heteroatoms. The molecule has 0 bridgehead atoms. The van der Waals surface area contributed by atoms with E-state index in [1.807, 2.05) is 0 Å². The van der Waals surface area contributed by atoms with E-state index in [1.165, 1.54) is 24.4 Å². The Balaban J connectivity index is 2.33. The largest absolute Gasteiger partial charge is 0.477 e. The molecule has 0 radical (unpaired) electrons. The smallest absolute Gasteiger partial charge is 0.354 e. The van der Waals surface area contributed by atoms with E-state index >= 15 is 0 Å². The van der Waals surface area contributed by atoms with Crippen LogP contribution in [0.2, 0.25) is 0 Å². The molecule has 0 saturated carbocycles. The normalized spacial score (nSPS) is 12.1. The van der Waals surface area contributed by atoms with Gasteiger partial charge in [0.1, 0.15) is 5.69 Å². The van der Waals surface area contributed by atoms with Crippen LogP contribution in [0.4, 0.5) is 0 Å². The summed E-state index contributed by atoms with van der Waals surface area (Å²) in [6, 6.07) is 9.37. The van der Waals surface area contributed by atoms with E-state index in [-0.39, 0.29) is 10.6 Å². The molecule has 122 valence electrons. The van der Waals surface area contributed by atoms with Gasteiger partial charge in [0.15, 0.2) is 0 Å². The zero-order chi connectivity index (χ0) is 17.3. The topological polar surface area (TPSA) is 96.4 Å². The maximum absolute atomic E-state index is 12.2. The van der Waals surface area contributed by atoms with Gasteiger partial charge in [-0.1, -0.05) is 12.1 Å². The van der Waals surface area contributed by atoms with Crippen LogP contribution < -0.4 is 4.72 Å². The minimum Gasteiger partial charge on any atom is -0.477 e. The summed E-state index contributed by atoms with van der Waals surface area (Å²) in [7, 11) is -3.59. The summed E-state index contributed by atoms with van der Waals surface area (Å²) in [5.74, 6) is -1.11. The number of nitrogens with zero attached hydrogens (tertiary/aromatic N) is 1. The molecule has 0 fully saturated rings. The minimum atomic E-state index is -3.59. The maximum atomic E-state index is 12.2. The van der Waals surface area contributed by atoms with Gasteiger partial charge < -0.3 is 5.11 Å². The Bertz CT molecular complexity index is 822. The van der Waals surface area contributed by atoms with E-state index in [4.69, 9.17) is 5.11 Å². The highest BCUT2D eigenvalue weighted by Crippen LogP contribution is 2.22. The van der Waals surface area contributed by atoms with E-state index in [2.05, 4.69) is 9.71 Å². The van der Waals surface area contributed by atoms with Crippen molar-refractivity contribution in [2.75, 3.05) is 0 Å². The summed E-state index contributed by atoms with van der Waals surface area (Å²) in [6.45, 7) is 5.30. The molecule has 6 nitrogen and oxygen atoms in total. The van der Waals surface area contributed by atoms with Gasteiger partial charge in [-0.3, -0.25) is 0 Å². The quantitative estimate of drug-likeness (QED) is 0.895. The van der Waals surface area contributed by atoms with Gasteiger partial charge in [-0.25, -0.2) is 22.9 Å². The average Bonchev–Trinajstić information content (AvgIpc) is 2.45. The molecule has 23 heavy (non-hydrogen) atoms. The third-order valence-electron chi connectivity index (χ3n) is 2.92. The maximum Gasteiger partial charge on any atom is 0.354 e. The zero-order valence-corrected chi connectivity index (χ0v) is 13.9. The van der Waals surface area contributed by atoms with Crippen LogP contribution in [-0.4, -0.2) is 30.0 Å². The number of benzene rings is 1. The summed E-state index contributed by atoms with van der Waals surface area (Å²) in [6.07, 6.45) is 1.41. The third-order valence-corrected chi connectivity index (χ3v) is 4.69. The van der Waals surface area contributed by atoms with Gasteiger partial charge >= 0.3 is 5.97 Å². The highest BCUT2D eigenvalue weighted by atomic mass is 32.2. The van der Waals surface area contributed by atoms with Crippen molar-refractivity contribution in [3.8, 4) is 11.1 Å². The first-order valence-electron chi connectivity index (χ1n) is 6.92. The predicted molar refractivity (Wildman–Crippen MR) is 86.7 cm³/mol. The molecule has 1 aromatic carbocycles. The standard InChI is InChI=1S/C16H18N2O4S/c1-16(2,3)18-23(21,22)13-6-4-11(5-7-13)12-8-9-17-14(10-12)15(19)20/h4-10,18H,1-3H3,(H,19,20). The van der Waals surface area contributed by atoms with Crippen molar-refractivity contribution in [2.24, 2.45) is 0 Å². The highest BCUT2D eigenvalue weighted by molar-refractivity contribution is 7.89. The first kappa shape index (κ1) is 17.1. The van der Waals surface area contributed by atoms with Crippen molar-refractivity contribution in [3.63, 3.8) is 0 Å². The number of nitrogens with one attached hydrogen (secondary N) is 1. The Hall–Kier alpha value is -2.25. The molecule has 2 N–H and O–H groups in total. The van der Waals surface area contributed by atoms with Gasteiger partial charge in [0.25, 0.3) is 0 Å². The van der Waals surface area contributed by atoms with E-state index in [1.54, 1.807) is 39.0 Å². The number of carboxylic acids is 1. The highest BCUT2D eigenvalue weighted by Gasteiger charge is 2.21. The zero-order valence-electron chi connectivity index (χ0n) is 13.1. The van der Waals surface area contributed by atoms with Crippen molar-refractivity contribution in [3.05, 3.63) is 48.3 Å². The average molecular weight is 334 g/mol. The van der Waals surface area contributed by atoms with E-state index in [0.29, 0.717) is 11.1 Å². The van der Waals surface area contributed by atoms with Crippen LogP contribution in [-0.2, 0) is 10.0 Å². The summed E-state index contributed by atoms with van der Waals surface area (Å²) < 4.78 is 27.1. The second kappa shape index (κ2) is 6.10. The molecule has 0 aliphatic heterocycles. The van der Waals surface area contributed by atoms with Gasteiger partial charge in [0, 0.05) is 11.7 Å². The first-order chi connectivity index (χ1) is 10.6. The first-order valence-corrected chi connectivity index (χ1v) is 8.41. The van der Waals surface area contributed by atoms with E-state index < -0.39 is 21.5 Å². The number of hydrogen-bond donors (Lipinski definition) is 2. The molecule has 1 heterocycles. The molecular formula is C16H18N2O4S. The summed E-state index contributed by atoms with van der Waals surface area (Å²) in [5, 5.41) is 8.97. The Morgan fingerprint density at radius 3 is 2.22 bits per heavy atom. The molecule has 0 aliphatic carbocycles. The Kier molecular flexibility index (Phi) is 4.53. The van der Waals surface area contributed by atoms with Crippen molar-refractivity contribution < 1.29 is 18.3 Å². The third kappa shape index (κ3) is 4.37. The number of carbonyl (C=O) groups is 1. The van der Waals surface area contributed by atoms with E-state index in [9.17, 15) is 13.2 Å². The fraction of sp³-hybridized carbons (Fsp3) is 0.250. The van der Waals surface area contributed by atoms with Crippen LogP contribution in [0.5, 0.6) is 0 Å². The number of hydrogen-bond acceptors (Lipinski definition) is 4. The molecule has 0 spiro atoms. The second-order valence-electron chi connectivity index (χ2n) is 6.11. The Morgan fingerprint density at radius 2 is 1.70 bits per heavy atom. The van der Waals surface area contributed by atoms with Gasteiger partial charge in [-0.2, -0.15) is 0 Å². The van der Waals surface area contributed by atoms with Gasteiger partial charge in [0.2, 0.25) is 10.0 Å². The Labute approximate surface area is 135 Å². The SMILES string of the molecule is CC(C)(C)NS(=O)(=O)c1ccc(-c2ccnc(C(=O)O)c2)cc1. The van der Waals surface area contributed by atoms with Crippen LogP contribution in [0.15, 0.2) is 47.5 Å². The molecule has 2 aromatic rings. The molecule has 2 rings (SSSR count). The molecule has 0 saturated heterocycles. The van der Waals surface area contributed by atoms with Gasteiger partial charge in [-0.05, 0) is 56.2 Å². The number of aromatic nitrogens is 1. The van der Waals surface area contributed by atoms with Gasteiger partial charge in [0.05, 0.1) is 4.90 Å². The lowest BCUT2D eigenvalue weighted by Crippen LogP contribution is -2.40. The lowest BCUT2D eigenvalue weighted by Gasteiger charge is -2.20. The van der Waals surface area contributed by atoms with Crippen molar-refractivity contribution in [1.29, 1.82) is 0 Å². The molecule has 0 unspecified atom stereocenters. The molecule has 0 aliphatic rings. The predicted octanol–water partition coefficient (Wildman–Crippen LogP) is 2.52. The summed E-state index contributed by atoms with van der Waals surface area (Å²) in [4.78, 5) is 14.9. The van der Waals surface area contributed by atoms with Crippen molar-refractivity contribution >= 4 is 16.0 Å². The van der Waals surface area contributed by atoms with Crippen molar-refractivity contribution in [1.82, 2.24) is 9.71 Å². The number of sulfonamides is 1. The fourth-order valence-electron chi connectivity index (χ4n) is 2.02. The van der Waals surface area contributed by atoms with E-state index in [0.717, 1.165) is 0 Å². The molecular weight excluding hydrogens is 316 g/mol. The van der Waals surface area contributed by atoms with Crippen LogP contribution in [0.1, 0.15) is 31.3 Å². The lowest BCUT2D eigenvalue weighted by molar-refractivity contribution is 0.0690. The molecule has 0 atom stereocenters. The second-order valence-corrected chi connectivity index (χ2v) is 7.80. The minimum absolute atomic E-state index is 0.0615. The van der Waals surface area contributed by atoms with Crippen LogP contribution >= 0.6 is 0 Å². The van der Waals surface area contributed by atoms with Gasteiger partial charge in [-0.15, -0.1) is 0 Å². The monoisotopic (exact) mass is 334 g/mol. The molecule has 1 aromatic heterocycles. The van der Waals surface area contributed by atoms with Crippen LogP contribution in [0.3, 0.4) is 0 Å².